The van der Waals surface area contributed by atoms with E-state index >= 15 is 0 Å². The van der Waals surface area contributed by atoms with Gasteiger partial charge >= 0.3 is 0 Å². The van der Waals surface area contributed by atoms with Gasteiger partial charge in [0.25, 0.3) is 0 Å². The number of thiophene rings is 1. The van der Waals surface area contributed by atoms with Crippen molar-refractivity contribution in [3.63, 3.8) is 0 Å². The Bertz CT molecular complexity index is 947. The summed E-state index contributed by atoms with van der Waals surface area (Å²) >= 11 is 4.94. The molecule has 1 aromatic carbocycles. The first kappa shape index (κ1) is 21.0. The molecule has 1 aliphatic heterocycles. The summed E-state index contributed by atoms with van der Waals surface area (Å²) < 4.78 is 33.4. The van der Waals surface area contributed by atoms with Gasteiger partial charge in [-0.15, -0.1) is 11.3 Å². The number of sulfonamides is 1. The van der Waals surface area contributed by atoms with Gasteiger partial charge in [-0.2, -0.15) is 4.31 Å². The number of carbonyl (C=O) groups is 1. The second-order valence-electron chi connectivity index (χ2n) is 6.11. The zero-order valence-corrected chi connectivity index (χ0v) is 18.6. The molecule has 0 saturated carbocycles. The topological polar surface area (TPSA) is 66.9 Å². The van der Waals surface area contributed by atoms with Crippen LogP contribution < -0.4 is 4.74 Å². The molecule has 0 atom stereocenters. The Balaban J connectivity index is 1.59. The van der Waals surface area contributed by atoms with Crippen molar-refractivity contribution in [2.45, 2.75) is 11.8 Å². The number of hydrogen-bond acceptors (Lipinski definition) is 5. The zero-order valence-electron chi connectivity index (χ0n) is 15.4. The van der Waals surface area contributed by atoms with Crippen molar-refractivity contribution < 1.29 is 17.9 Å². The molecule has 1 amide bonds. The van der Waals surface area contributed by atoms with Crippen molar-refractivity contribution in [1.29, 1.82) is 0 Å². The Hall–Kier alpha value is -1.68. The number of ether oxygens (including phenoxy) is 1. The lowest BCUT2D eigenvalue weighted by Crippen LogP contribution is -2.50. The monoisotopic (exact) mass is 484 g/mol. The molecule has 1 saturated heterocycles. The zero-order chi connectivity index (χ0) is 20.1. The van der Waals surface area contributed by atoms with Crippen molar-refractivity contribution in [2.75, 3.05) is 32.8 Å². The van der Waals surface area contributed by atoms with E-state index < -0.39 is 10.0 Å². The summed E-state index contributed by atoms with van der Waals surface area (Å²) in [6.45, 7) is 3.70. The summed E-state index contributed by atoms with van der Waals surface area (Å²) in [5.41, 5.74) is 0. The maximum absolute atomic E-state index is 12.8. The lowest BCUT2D eigenvalue weighted by atomic mass is 10.3. The molecular formula is C19H21BrN2O4S2. The number of piperazine rings is 1. The minimum Gasteiger partial charge on any atom is -0.494 e. The highest BCUT2D eigenvalue weighted by atomic mass is 79.9. The van der Waals surface area contributed by atoms with E-state index in [9.17, 15) is 13.2 Å². The molecule has 2 heterocycles. The highest BCUT2D eigenvalue weighted by molar-refractivity contribution is 9.11. The van der Waals surface area contributed by atoms with Gasteiger partial charge < -0.3 is 9.64 Å². The smallest absolute Gasteiger partial charge is 0.246 e. The van der Waals surface area contributed by atoms with Gasteiger partial charge in [0.15, 0.2) is 0 Å². The summed E-state index contributed by atoms with van der Waals surface area (Å²) in [6, 6.07) is 10.3. The van der Waals surface area contributed by atoms with Crippen LogP contribution in [0.3, 0.4) is 0 Å². The molecule has 3 rings (SSSR count). The van der Waals surface area contributed by atoms with Crippen LogP contribution in [0.15, 0.2) is 51.2 Å². The van der Waals surface area contributed by atoms with E-state index in [1.807, 2.05) is 19.1 Å². The predicted molar refractivity (Wildman–Crippen MR) is 114 cm³/mol. The number of carbonyl (C=O) groups excluding carboxylic acids is 1. The van der Waals surface area contributed by atoms with Crippen molar-refractivity contribution in [3.8, 4) is 5.75 Å². The minimum absolute atomic E-state index is 0.109. The summed E-state index contributed by atoms with van der Waals surface area (Å²) in [5.74, 6) is 0.532. The molecule has 0 spiro atoms. The number of benzene rings is 1. The van der Waals surface area contributed by atoms with E-state index in [1.54, 1.807) is 46.6 Å². The molecule has 1 aliphatic rings. The molecule has 0 bridgehead atoms. The Kier molecular flexibility index (Phi) is 6.92. The molecule has 0 N–H and O–H groups in total. The van der Waals surface area contributed by atoms with Gasteiger partial charge in [0.05, 0.1) is 15.3 Å². The predicted octanol–water partition coefficient (Wildman–Crippen LogP) is 3.46. The van der Waals surface area contributed by atoms with Gasteiger partial charge in [0.2, 0.25) is 15.9 Å². The quantitative estimate of drug-likeness (QED) is 0.588. The first-order valence-corrected chi connectivity index (χ1v) is 11.9. The van der Waals surface area contributed by atoms with Crippen LogP contribution in [0.2, 0.25) is 0 Å². The number of rotatable bonds is 6. The molecule has 28 heavy (non-hydrogen) atoms. The molecule has 1 fully saturated rings. The number of halogens is 1. The Morgan fingerprint density at radius 3 is 2.39 bits per heavy atom. The largest absolute Gasteiger partial charge is 0.494 e. The van der Waals surface area contributed by atoms with E-state index in [4.69, 9.17) is 4.74 Å². The van der Waals surface area contributed by atoms with Crippen LogP contribution in [0.25, 0.3) is 6.08 Å². The van der Waals surface area contributed by atoms with Crippen molar-refractivity contribution in [3.05, 3.63) is 51.1 Å². The SMILES string of the molecule is CCOc1ccc(S(=O)(=O)N2CCN(C(=O)/C=C/c3ccc(Br)s3)CC2)cc1. The normalized spacial score (nSPS) is 15.9. The van der Waals surface area contributed by atoms with Gasteiger partial charge in [0.1, 0.15) is 5.75 Å². The molecule has 0 aliphatic carbocycles. The fraction of sp³-hybridized carbons (Fsp3) is 0.316. The van der Waals surface area contributed by atoms with Crippen LogP contribution in [0.1, 0.15) is 11.8 Å². The number of amides is 1. The molecule has 2 aromatic rings. The van der Waals surface area contributed by atoms with Gasteiger partial charge in [-0.05, 0) is 65.3 Å². The molecule has 150 valence electrons. The van der Waals surface area contributed by atoms with E-state index in [0.29, 0.717) is 25.4 Å². The van der Waals surface area contributed by atoms with E-state index in [1.165, 1.54) is 10.4 Å². The van der Waals surface area contributed by atoms with Gasteiger partial charge in [-0.25, -0.2) is 8.42 Å². The fourth-order valence-corrected chi connectivity index (χ4v) is 5.60. The standard InChI is InChI=1S/C19H21BrN2O4S2/c1-2-26-15-3-7-17(8-4-15)28(24,25)22-13-11-21(12-14-22)19(23)10-6-16-5-9-18(20)27-16/h3-10H,2,11-14H2,1H3/b10-6+. The molecular weight excluding hydrogens is 464 g/mol. The maximum atomic E-state index is 12.8. The van der Waals surface area contributed by atoms with Crippen LogP contribution >= 0.6 is 27.3 Å². The first-order chi connectivity index (χ1) is 13.4. The molecule has 1 aromatic heterocycles. The first-order valence-electron chi connectivity index (χ1n) is 8.85. The summed E-state index contributed by atoms with van der Waals surface area (Å²) in [6.07, 6.45) is 3.32. The fourth-order valence-electron chi connectivity index (χ4n) is 2.85. The third-order valence-electron chi connectivity index (χ3n) is 4.31. The lowest BCUT2D eigenvalue weighted by molar-refractivity contribution is -0.127. The Labute approximate surface area is 177 Å². The highest BCUT2D eigenvalue weighted by Crippen LogP contribution is 2.23. The summed E-state index contributed by atoms with van der Waals surface area (Å²) in [7, 11) is -3.58. The second kappa shape index (κ2) is 9.21. The van der Waals surface area contributed by atoms with Crippen molar-refractivity contribution in [2.24, 2.45) is 0 Å². The van der Waals surface area contributed by atoms with Crippen LogP contribution in [0.5, 0.6) is 5.75 Å². The minimum atomic E-state index is -3.58. The Morgan fingerprint density at radius 1 is 1.14 bits per heavy atom. The van der Waals surface area contributed by atoms with Gasteiger partial charge in [0, 0.05) is 37.1 Å². The number of hydrogen-bond donors (Lipinski definition) is 0. The van der Waals surface area contributed by atoms with Crippen molar-refractivity contribution >= 4 is 49.3 Å². The Morgan fingerprint density at radius 2 is 1.82 bits per heavy atom. The van der Waals surface area contributed by atoms with Gasteiger partial charge in [-0.1, -0.05) is 0 Å². The third-order valence-corrected chi connectivity index (χ3v) is 7.81. The van der Waals surface area contributed by atoms with E-state index in [0.717, 1.165) is 8.66 Å². The highest BCUT2D eigenvalue weighted by Gasteiger charge is 2.29. The maximum Gasteiger partial charge on any atom is 0.246 e. The average molecular weight is 485 g/mol. The van der Waals surface area contributed by atoms with Crippen LogP contribution in [0, 0.1) is 0 Å². The van der Waals surface area contributed by atoms with Crippen molar-refractivity contribution in [1.82, 2.24) is 9.21 Å². The second-order valence-corrected chi connectivity index (χ2v) is 10.5. The molecule has 6 nitrogen and oxygen atoms in total. The van der Waals surface area contributed by atoms with E-state index in [2.05, 4.69) is 15.9 Å². The lowest BCUT2D eigenvalue weighted by Gasteiger charge is -2.33. The third kappa shape index (κ3) is 5.02. The van der Waals surface area contributed by atoms with Crippen LogP contribution in [-0.4, -0.2) is 56.3 Å². The average Bonchev–Trinajstić information content (AvgIpc) is 3.12. The molecule has 0 unspecified atom stereocenters. The van der Waals surface area contributed by atoms with Crippen LogP contribution in [-0.2, 0) is 14.8 Å². The summed E-state index contributed by atoms with van der Waals surface area (Å²) in [4.78, 5) is 15.2. The summed E-state index contributed by atoms with van der Waals surface area (Å²) in [5, 5.41) is 0. The molecule has 0 radical (unpaired) electrons. The number of nitrogens with zero attached hydrogens (tertiary/aromatic N) is 2. The van der Waals surface area contributed by atoms with E-state index in [-0.39, 0.29) is 23.9 Å². The van der Waals surface area contributed by atoms with Crippen LogP contribution in [0.4, 0.5) is 0 Å². The molecule has 9 heteroatoms. The van der Waals surface area contributed by atoms with Gasteiger partial charge in [-0.3, -0.25) is 4.79 Å².